The third-order valence-electron chi connectivity index (χ3n) is 1.61. The van der Waals surface area contributed by atoms with Crippen LogP contribution in [0, 0.1) is 0 Å². The smallest absolute Gasteiger partial charge is 0.218 e. The molecule has 1 aromatic rings. The minimum Gasteiger partial charge on any atom is -0.392 e. The van der Waals surface area contributed by atoms with E-state index in [1.807, 2.05) is 17.5 Å². The minimum absolute atomic E-state index is 0.0152. The number of nitrogens with one attached hydrogen (secondary N) is 1. The van der Waals surface area contributed by atoms with Gasteiger partial charge in [-0.15, -0.1) is 11.3 Å². The van der Waals surface area contributed by atoms with Crippen LogP contribution in [0.15, 0.2) is 17.5 Å². The van der Waals surface area contributed by atoms with Gasteiger partial charge in [-0.2, -0.15) is 0 Å². The maximum atomic E-state index is 11.3. The average Bonchev–Trinajstić information content (AvgIpc) is 2.53. The van der Waals surface area contributed by atoms with Crippen LogP contribution in [0.1, 0.15) is 4.88 Å². The number of nitrogens with two attached hydrogens (primary N) is 1. The van der Waals surface area contributed by atoms with Gasteiger partial charge in [0.2, 0.25) is 10.0 Å². The average molecular weight is 264 g/mol. The van der Waals surface area contributed by atoms with Crippen LogP contribution in [0.25, 0.3) is 0 Å². The molecule has 0 aliphatic rings. The second kappa shape index (κ2) is 5.55. The lowest BCUT2D eigenvalue weighted by molar-refractivity contribution is 0.586. The summed E-state index contributed by atoms with van der Waals surface area (Å²) in [7, 11) is -3.35. The van der Waals surface area contributed by atoms with Crippen molar-refractivity contribution in [2.45, 2.75) is 6.42 Å². The fourth-order valence-electron chi connectivity index (χ4n) is 1.02. The fourth-order valence-corrected chi connectivity index (χ4v) is 3.09. The van der Waals surface area contributed by atoms with E-state index in [1.165, 1.54) is 0 Å². The van der Waals surface area contributed by atoms with E-state index in [-0.39, 0.29) is 10.7 Å². The molecule has 84 valence electrons. The molecule has 15 heavy (non-hydrogen) atoms. The van der Waals surface area contributed by atoms with Gasteiger partial charge in [0.1, 0.15) is 5.75 Å². The second-order valence-electron chi connectivity index (χ2n) is 2.95. The van der Waals surface area contributed by atoms with Crippen molar-refractivity contribution < 1.29 is 8.42 Å². The molecule has 0 aliphatic carbocycles. The number of rotatable bonds is 6. The van der Waals surface area contributed by atoms with Gasteiger partial charge >= 0.3 is 0 Å². The van der Waals surface area contributed by atoms with Crippen molar-refractivity contribution in [1.29, 1.82) is 0 Å². The summed E-state index contributed by atoms with van der Waals surface area (Å²) in [4.78, 5) is 1.13. The molecule has 0 saturated heterocycles. The van der Waals surface area contributed by atoms with E-state index in [1.54, 1.807) is 11.3 Å². The predicted molar refractivity (Wildman–Crippen MR) is 66.6 cm³/mol. The van der Waals surface area contributed by atoms with Gasteiger partial charge in [-0.05, 0) is 17.9 Å². The number of sulfonamides is 1. The standard InChI is InChI=1S/C8H12N2O2S3/c9-8(13)6-15(11,12)10-4-3-7-2-1-5-14-7/h1-2,5,10H,3-4,6H2,(H2,9,13). The first-order valence-corrected chi connectivity index (χ1v) is 7.21. The lowest BCUT2D eigenvalue weighted by Gasteiger charge is -2.04. The van der Waals surface area contributed by atoms with Gasteiger partial charge in [-0.1, -0.05) is 18.3 Å². The third kappa shape index (κ3) is 5.22. The summed E-state index contributed by atoms with van der Waals surface area (Å²) in [6.07, 6.45) is 0.689. The summed E-state index contributed by atoms with van der Waals surface area (Å²) in [6, 6.07) is 3.90. The largest absolute Gasteiger partial charge is 0.392 e. The lowest BCUT2D eigenvalue weighted by atomic mass is 10.3. The zero-order chi connectivity index (χ0) is 11.3. The molecule has 0 saturated carbocycles. The van der Waals surface area contributed by atoms with E-state index in [4.69, 9.17) is 5.73 Å². The number of hydrogen-bond acceptors (Lipinski definition) is 4. The third-order valence-corrected chi connectivity index (χ3v) is 4.20. The van der Waals surface area contributed by atoms with E-state index in [0.717, 1.165) is 4.88 Å². The van der Waals surface area contributed by atoms with Crippen LogP contribution in [0.3, 0.4) is 0 Å². The summed E-state index contributed by atoms with van der Waals surface area (Å²) < 4.78 is 25.0. The van der Waals surface area contributed by atoms with Crippen molar-refractivity contribution in [3.63, 3.8) is 0 Å². The first kappa shape index (κ1) is 12.6. The van der Waals surface area contributed by atoms with Gasteiger partial charge in [0.25, 0.3) is 0 Å². The highest BCUT2D eigenvalue weighted by molar-refractivity contribution is 7.92. The molecular weight excluding hydrogens is 252 g/mol. The van der Waals surface area contributed by atoms with E-state index in [9.17, 15) is 8.42 Å². The van der Waals surface area contributed by atoms with Crippen LogP contribution in [-0.2, 0) is 16.4 Å². The lowest BCUT2D eigenvalue weighted by Crippen LogP contribution is -2.33. The topological polar surface area (TPSA) is 72.2 Å². The van der Waals surface area contributed by atoms with Crippen LogP contribution >= 0.6 is 23.6 Å². The summed E-state index contributed by atoms with van der Waals surface area (Å²) in [5.74, 6) is -0.285. The Morgan fingerprint density at radius 1 is 1.60 bits per heavy atom. The minimum atomic E-state index is -3.35. The zero-order valence-electron chi connectivity index (χ0n) is 7.97. The SMILES string of the molecule is NC(=S)CS(=O)(=O)NCCc1cccs1. The second-order valence-corrected chi connectivity index (χ2v) is 6.31. The predicted octanol–water partition coefficient (Wildman–Crippen LogP) is 0.496. The van der Waals surface area contributed by atoms with Crippen molar-refractivity contribution in [3.05, 3.63) is 22.4 Å². The van der Waals surface area contributed by atoms with Gasteiger partial charge in [0, 0.05) is 11.4 Å². The van der Waals surface area contributed by atoms with Crippen LogP contribution in [-0.4, -0.2) is 25.7 Å². The summed E-state index contributed by atoms with van der Waals surface area (Å²) in [5.41, 5.74) is 5.16. The summed E-state index contributed by atoms with van der Waals surface area (Å²) in [6.45, 7) is 0.380. The van der Waals surface area contributed by atoms with Gasteiger partial charge in [-0.3, -0.25) is 0 Å². The Morgan fingerprint density at radius 2 is 2.33 bits per heavy atom. The molecule has 0 aromatic carbocycles. The van der Waals surface area contributed by atoms with Crippen LogP contribution < -0.4 is 10.5 Å². The van der Waals surface area contributed by atoms with Crippen molar-refractivity contribution in [3.8, 4) is 0 Å². The van der Waals surface area contributed by atoms with Gasteiger partial charge in [-0.25, -0.2) is 13.1 Å². The highest BCUT2D eigenvalue weighted by atomic mass is 32.2. The summed E-state index contributed by atoms with van der Waals surface area (Å²) in [5, 5.41) is 1.96. The Hall–Kier alpha value is -0.500. The molecule has 1 heterocycles. The molecule has 7 heteroatoms. The molecule has 0 unspecified atom stereocenters. The maximum absolute atomic E-state index is 11.3. The molecule has 0 aliphatic heterocycles. The molecule has 0 fully saturated rings. The maximum Gasteiger partial charge on any atom is 0.218 e. The molecule has 0 radical (unpaired) electrons. The molecule has 0 bridgehead atoms. The molecule has 4 nitrogen and oxygen atoms in total. The number of hydrogen-bond donors (Lipinski definition) is 2. The molecule has 1 aromatic heterocycles. The van der Waals surface area contributed by atoms with Gasteiger partial charge in [0.15, 0.2) is 0 Å². The summed E-state index contributed by atoms with van der Waals surface area (Å²) >= 11 is 6.14. The van der Waals surface area contributed by atoms with Gasteiger partial charge < -0.3 is 5.73 Å². The Kier molecular flexibility index (Phi) is 4.65. The van der Waals surface area contributed by atoms with Gasteiger partial charge in [0.05, 0.1) is 4.99 Å². The van der Waals surface area contributed by atoms with Crippen LogP contribution in [0.2, 0.25) is 0 Å². The van der Waals surface area contributed by atoms with Crippen molar-refractivity contribution in [2.24, 2.45) is 5.73 Å². The van der Waals surface area contributed by atoms with E-state index in [0.29, 0.717) is 13.0 Å². The first-order chi connectivity index (χ1) is 6.99. The molecular formula is C8H12N2O2S3. The van der Waals surface area contributed by atoms with Crippen LogP contribution in [0.5, 0.6) is 0 Å². The Balaban J connectivity index is 2.34. The Morgan fingerprint density at radius 3 is 2.87 bits per heavy atom. The van der Waals surface area contributed by atoms with Crippen molar-refractivity contribution >= 4 is 38.6 Å². The fraction of sp³-hybridized carbons (Fsp3) is 0.375. The Bertz CT molecular complexity index is 411. The van der Waals surface area contributed by atoms with E-state index >= 15 is 0 Å². The number of thiophene rings is 1. The molecule has 0 amide bonds. The highest BCUT2D eigenvalue weighted by Crippen LogP contribution is 2.08. The molecule has 1 rings (SSSR count). The normalized spacial score (nSPS) is 11.5. The van der Waals surface area contributed by atoms with Crippen LogP contribution in [0.4, 0.5) is 0 Å². The van der Waals surface area contributed by atoms with Crippen molar-refractivity contribution in [2.75, 3.05) is 12.3 Å². The van der Waals surface area contributed by atoms with E-state index in [2.05, 4.69) is 16.9 Å². The number of thiocarbonyl (C=S) groups is 1. The van der Waals surface area contributed by atoms with E-state index < -0.39 is 10.0 Å². The highest BCUT2D eigenvalue weighted by Gasteiger charge is 2.10. The molecule has 0 spiro atoms. The monoisotopic (exact) mass is 264 g/mol. The Labute approximate surface area is 98.5 Å². The molecule has 0 atom stereocenters. The zero-order valence-corrected chi connectivity index (χ0v) is 10.4. The molecule has 3 N–H and O–H groups in total. The first-order valence-electron chi connectivity index (χ1n) is 4.27. The quantitative estimate of drug-likeness (QED) is 0.734. The van der Waals surface area contributed by atoms with Crippen molar-refractivity contribution in [1.82, 2.24) is 4.72 Å².